The van der Waals surface area contributed by atoms with Gasteiger partial charge in [0, 0.05) is 36.5 Å². The molecule has 12 N–H and O–H groups in total. The van der Waals surface area contributed by atoms with Crippen LogP contribution in [0.15, 0.2) is 48.5 Å². The maximum absolute atomic E-state index is 12.3. The highest BCUT2D eigenvalue weighted by Crippen LogP contribution is 2.18. The van der Waals surface area contributed by atoms with Gasteiger partial charge in [0.25, 0.3) is 11.8 Å². The second-order valence-corrected chi connectivity index (χ2v) is 10.7. The molecule has 16 nitrogen and oxygen atoms in total. The van der Waals surface area contributed by atoms with E-state index in [1.807, 2.05) is 0 Å². The first-order valence-electron chi connectivity index (χ1n) is 14.9. The standard InChI is InChI=1S/C30H42N10O6/c31-27(32)37-23-11-7-19(8-12-23)15-35-25(41)17-45-29(43)39-21-3-1-4-22(6-2-5-21)40-30(44)46-18-26(42)36-16-20-9-13-24(14-10-20)38-28(33)34/h7-14,21-22H,1-6,15-18H2,(H,35,41)(H,36,42)(H,39,43)(H,40,44)(H4,31,32,37)(H4,33,34,38)/t21-,22+. The minimum absolute atomic E-state index is 0.115. The number of amides is 4. The number of rotatable bonds is 12. The van der Waals surface area contributed by atoms with Crippen molar-refractivity contribution in [2.75, 3.05) is 23.8 Å². The molecule has 0 radical (unpaired) electrons. The van der Waals surface area contributed by atoms with Crippen molar-refractivity contribution in [3.05, 3.63) is 59.7 Å². The summed E-state index contributed by atoms with van der Waals surface area (Å²) in [5.41, 5.74) is 13.6. The maximum Gasteiger partial charge on any atom is 0.407 e. The summed E-state index contributed by atoms with van der Waals surface area (Å²) in [7, 11) is 0. The third kappa shape index (κ3) is 13.8. The Bertz CT molecular complexity index is 1240. The molecule has 1 aliphatic carbocycles. The predicted octanol–water partition coefficient (Wildman–Crippen LogP) is 1.77. The number of hydrogen-bond donors (Lipinski definition) is 10. The number of anilines is 2. The number of nitrogens with one attached hydrogen (secondary N) is 8. The van der Waals surface area contributed by atoms with Gasteiger partial charge >= 0.3 is 12.2 Å². The lowest BCUT2D eigenvalue weighted by Gasteiger charge is -2.25. The molecule has 248 valence electrons. The molecule has 4 amide bonds. The molecule has 1 fully saturated rings. The molecule has 0 aliphatic heterocycles. The summed E-state index contributed by atoms with van der Waals surface area (Å²) in [6, 6.07) is 13.8. The smallest absolute Gasteiger partial charge is 0.407 e. The fourth-order valence-corrected chi connectivity index (χ4v) is 4.70. The van der Waals surface area contributed by atoms with Crippen molar-refractivity contribution in [3.63, 3.8) is 0 Å². The zero-order valence-corrected chi connectivity index (χ0v) is 25.4. The van der Waals surface area contributed by atoms with Crippen LogP contribution in [0, 0.1) is 10.8 Å². The van der Waals surface area contributed by atoms with Gasteiger partial charge in [-0.3, -0.25) is 20.4 Å². The van der Waals surface area contributed by atoms with E-state index in [9.17, 15) is 19.2 Å². The topological polar surface area (TPSA) is 259 Å². The van der Waals surface area contributed by atoms with Gasteiger partial charge in [0.15, 0.2) is 25.1 Å². The zero-order valence-electron chi connectivity index (χ0n) is 25.4. The van der Waals surface area contributed by atoms with Crippen LogP contribution < -0.4 is 43.4 Å². The molecule has 0 unspecified atom stereocenters. The third-order valence-electron chi connectivity index (χ3n) is 6.97. The molecule has 0 spiro atoms. The van der Waals surface area contributed by atoms with Crippen LogP contribution in [0.3, 0.4) is 0 Å². The van der Waals surface area contributed by atoms with Crippen molar-refractivity contribution in [2.45, 2.75) is 63.7 Å². The first-order chi connectivity index (χ1) is 22.0. The van der Waals surface area contributed by atoms with Gasteiger partial charge in [-0.05, 0) is 73.9 Å². The number of ether oxygens (including phenoxy) is 2. The summed E-state index contributed by atoms with van der Waals surface area (Å²) in [5, 5.41) is 30.8. The van der Waals surface area contributed by atoms with Crippen LogP contribution >= 0.6 is 0 Å². The molecule has 0 aromatic heterocycles. The van der Waals surface area contributed by atoms with E-state index < -0.39 is 37.2 Å². The van der Waals surface area contributed by atoms with Gasteiger partial charge in [-0.2, -0.15) is 0 Å². The Balaban J connectivity index is 1.25. The van der Waals surface area contributed by atoms with E-state index in [0.717, 1.165) is 24.0 Å². The van der Waals surface area contributed by atoms with E-state index in [2.05, 4.69) is 31.9 Å². The van der Waals surface area contributed by atoms with E-state index in [-0.39, 0.29) is 37.1 Å². The van der Waals surface area contributed by atoms with Gasteiger partial charge < -0.3 is 52.8 Å². The fourth-order valence-electron chi connectivity index (χ4n) is 4.70. The van der Waals surface area contributed by atoms with Crippen LogP contribution in [0.25, 0.3) is 0 Å². The number of carbonyl (C=O) groups is 4. The Kier molecular flexibility index (Phi) is 13.9. The average molecular weight is 639 g/mol. The summed E-state index contributed by atoms with van der Waals surface area (Å²) in [4.78, 5) is 48.7. The highest BCUT2D eigenvalue weighted by atomic mass is 16.6. The van der Waals surface area contributed by atoms with Crippen molar-refractivity contribution in [3.8, 4) is 0 Å². The van der Waals surface area contributed by atoms with Crippen LogP contribution in [0.4, 0.5) is 21.0 Å². The molecule has 46 heavy (non-hydrogen) atoms. The van der Waals surface area contributed by atoms with Gasteiger partial charge in [-0.15, -0.1) is 0 Å². The Morgan fingerprint density at radius 2 is 0.978 bits per heavy atom. The van der Waals surface area contributed by atoms with Crippen LogP contribution in [-0.4, -0.2) is 61.2 Å². The second kappa shape index (κ2) is 18.3. The van der Waals surface area contributed by atoms with E-state index in [0.29, 0.717) is 37.1 Å². The van der Waals surface area contributed by atoms with Crippen molar-refractivity contribution < 1.29 is 28.7 Å². The van der Waals surface area contributed by atoms with E-state index in [4.69, 9.17) is 31.8 Å². The SMILES string of the molecule is N=C(N)Nc1ccc(CNC(=O)COC(=O)N[C@H]2CCC[C@@H](NC(=O)OCC(=O)NCc3ccc(NC(=N)N)cc3)CCC2)cc1. The van der Waals surface area contributed by atoms with Crippen LogP contribution in [0.5, 0.6) is 0 Å². The molecule has 1 aliphatic rings. The van der Waals surface area contributed by atoms with Gasteiger partial charge in [-0.1, -0.05) is 24.3 Å². The van der Waals surface area contributed by atoms with E-state index >= 15 is 0 Å². The Morgan fingerprint density at radius 1 is 0.630 bits per heavy atom. The Labute approximate surface area is 266 Å². The molecule has 2 aromatic rings. The average Bonchev–Trinajstić information content (AvgIpc) is 3.00. The molecule has 0 saturated heterocycles. The van der Waals surface area contributed by atoms with Gasteiger partial charge in [0.2, 0.25) is 0 Å². The molecule has 0 heterocycles. The number of hydrogen-bond acceptors (Lipinski definition) is 8. The van der Waals surface area contributed by atoms with Crippen molar-refractivity contribution in [1.29, 1.82) is 10.8 Å². The maximum atomic E-state index is 12.3. The summed E-state index contributed by atoms with van der Waals surface area (Å²) >= 11 is 0. The minimum Gasteiger partial charge on any atom is -0.439 e. The number of nitrogens with two attached hydrogens (primary N) is 2. The van der Waals surface area contributed by atoms with E-state index in [1.165, 1.54) is 0 Å². The summed E-state index contributed by atoms with van der Waals surface area (Å²) < 4.78 is 10.2. The number of guanidine groups is 2. The largest absolute Gasteiger partial charge is 0.439 e. The minimum atomic E-state index is -0.668. The van der Waals surface area contributed by atoms with Gasteiger partial charge in [0.05, 0.1) is 0 Å². The number of benzene rings is 2. The Morgan fingerprint density at radius 3 is 1.30 bits per heavy atom. The molecular formula is C30H42N10O6. The van der Waals surface area contributed by atoms with Gasteiger partial charge in [-0.25, -0.2) is 9.59 Å². The molecular weight excluding hydrogens is 596 g/mol. The first kappa shape index (κ1) is 34.9. The molecule has 2 aromatic carbocycles. The monoisotopic (exact) mass is 638 g/mol. The number of carbonyl (C=O) groups excluding carboxylic acids is 4. The zero-order chi connectivity index (χ0) is 33.3. The molecule has 3 rings (SSSR count). The molecule has 1 saturated carbocycles. The third-order valence-corrected chi connectivity index (χ3v) is 6.97. The normalized spacial score (nSPS) is 15.9. The predicted molar refractivity (Wildman–Crippen MR) is 172 cm³/mol. The summed E-state index contributed by atoms with van der Waals surface area (Å²) in [6.07, 6.45) is 2.84. The summed E-state index contributed by atoms with van der Waals surface area (Å²) in [6.45, 7) is -0.329. The number of alkyl carbamates (subject to hydrolysis) is 2. The molecule has 0 atom stereocenters. The summed E-state index contributed by atoms with van der Waals surface area (Å²) in [5.74, 6) is -1.22. The van der Waals surface area contributed by atoms with Crippen LogP contribution in [-0.2, 0) is 32.2 Å². The lowest BCUT2D eigenvalue weighted by molar-refractivity contribution is -0.124. The van der Waals surface area contributed by atoms with E-state index in [1.54, 1.807) is 48.5 Å². The molecule has 0 bridgehead atoms. The Hall–Kier alpha value is -5.54. The van der Waals surface area contributed by atoms with Gasteiger partial charge in [0.1, 0.15) is 0 Å². The first-order valence-corrected chi connectivity index (χ1v) is 14.9. The lowest BCUT2D eigenvalue weighted by atomic mass is 9.93. The lowest BCUT2D eigenvalue weighted by Crippen LogP contribution is -2.41. The van der Waals surface area contributed by atoms with Crippen molar-refractivity contribution in [1.82, 2.24) is 21.3 Å². The quantitative estimate of drug-likeness (QED) is 0.119. The van der Waals surface area contributed by atoms with Crippen molar-refractivity contribution >= 4 is 47.3 Å². The second-order valence-electron chi connectivity index (χ2n) is 10.7. The van der Waals surface area contributed by atoms with Crippen LogP contribution in [0.1, 0.15) is 49.7 Å². The fraction of sp³-hybridized carbons (Fsp3) is 0.400. The van der Waals surface area contributed by atoms with Crippen molar-refractivity contribution in [2.24, 2.45) is 11.5 Å². The highest BCUT2D eigenvalue weighted by molar-refractivity contribution is 5.90. The van der Waals surface area contributed by atoms with Crippen LogP contribution in [0.2, 0.25) is 0 Å². The highest BCUT2D eigenvalue weighted by Gasteiger charge is 2.21. The molecule has 16 heteroatoms.